The number of methoxy groups -OCH3 is 1. The molecule has 3 aliphatic rings. The molecular weight excluding hydrogens is 466 g/mol. The number of amides is 1. The topological polar surface area (TPSA) is 85.4 Å². The highest BCUT2D eigenvalue weighted by Crippen LogP contribution is 2.62. The Morgan fingerprint density at radius 3 is 2.57 bits per heavy atom. The fourth-order valence-electron chi connectivity index (χ4n) is 4.69. The Kier molecular flexibility index (Phi) is 5.69. The second kappa shape index (κ2) is 8.58. The number of para-hydroxylation sites is 1. The molecule has 2 bridgehead atoms. The van der Waals surface area contributed by atoms with Gasteiger partial charge in [-0.3, -0.25) is 4.90 Å². The Bertz CT molecular complexity index is 1430. The molecular formula is C27H23NO6S. The predicted octanol–water partition coefficient (Wildman–Crippen LogP) is 3.06. The number of carbonyl (C=O) groups is 1. The third-order valence-corrected chi connectivity index (χ3v) is 8.26. The predicted molar refractivity (Wildman–Crippen MR) is 129 cm³/mol. The zero-order chi connectivity index (χ0) is 24.7. The first-order valence-electron chi connectivity index (χ1n) is 11.1. The van der Waals surface area contributed by atoms with Crippen LogP contribution >= 0.6 is 0 Å². The van der Waals surface area contributed by atoms with Crippen molar-refractivity contribution in [3.63, 3.8) is 0 Å². The molecule has 1 amide bonds. The smallest absolute Gasteiger partial charge is 0.415 e. The van der Waals surface area contributed by atoms with Gasteiger partial charge in [0.05, 0.1) is 16.3 Å². The van der Waals surface area contributed by atoms with Gasteiger partial charge in [-0.1, -0.05) is 60.1 Å². The molecule has 0 radical (unpaired) electrons. The van der Waals surface area contributed by atoms with Gasteiger partial charge in [0.15, 0.2) is 21.0 Å². The monoisotopic (exact) mass is 489 g/mol. The first kappa shape index (κ1) is 23.2. The summed E-state index contributed by atoms with van der Waals surface area (Å²) >= 11 is 0. The molecule has 2 heterocycles. The summed E-state index contributed by atoms with van der Waals surface area (Å²) in [7, 11) is -2.02. The summed E-state index contributed by atoms with van der Waals surface area (Å²) in [6.45, 7) is 1.56. The maximum atomic E-state index is 13.3. The lowest BCUT2D eigenvalue weighted by atomic mass is 9.75. The van der Waals surface area contributed by atoms with Crippen molar-refractivity contribution in [3.05, 3.63) is 72.3 Å². The van der Waals surface area contributed by atoms with Gasteiger partial charge >= 0.3 is 6.09 Å². The summed E-state index contributed by atoms with van der Waals surface area (Å²) in [6.07, 6.45) is 2.03. The summed E-state index contributed by atoms with van der Waals surface area (Å²) in [6, 6.07) is 14.7. The molecule has 0 spiro atoms. The quantitative estimate of drug-likeness (QED) is 0.474. The number of hydrogen-bond donors (Lipinski definition) is 0. The SMILES string of the molecule is CO[C@@]1(C)C#C/C=C\C#C[C@@H]2[C@H]3O[C@@]31c1ccccc1N2C(=O)OCCS(=O)(=O)c1ccccc1. The molecule has 5 rings (SSSR count). The third-order valence-electron chi connectivity index (χ3n) is 6.57. The Morgan fingerprint density at radius 2 is 1.80 bits per heavy atom. The summed E-state index contributed by atoms with van der Waals surface area (Å²) in [5.41, 5.74) is -0.607. The highest BCUT2D eigenvalue weighted by atomic mass is 32.2. The van der Waals surface area contributed by atoms with E-state index < -0.39 is 39.3 Å². The highest BCUT2D eigenvalue weighted by Gasteiger charge is 2.75. The maximum Gasteiger partial charge on any atom is 0.415 e. The normalized spacial score (nSPS) is 28.7. The number of benzene rings is 2. The third kappa shape index (κ3) is 3.71. The van der Waals surface area contributed by atoms with Gasteiger partial charge in [0.2, 0.25) is 0 Å². The molecule has 1 aliphatic carbocycles. The number of rotatable bonds is 5. The summed E-state index contributed by atoms with van der Waals surface area (Å²) < 4.78 is 42.8. The van der Waals surface area contributed by atoms with Crippen LogP contribution in [0.15, 0.2) is 71.6 Å². The van der Waals surface area contributed by atoms with Crippen molar-refractivity contribution in [2.45, 2.75) is 35.2 Å². The highest BCUT2D eigenvalue weighted by molar-refractivity contribution is 7.91. The Balaban J connectivity index is 1.47. The fraction of sp³-hybridized carbons (Fsp3) is 0.296. The van der Waals surface area contributed by atoms with Gasteiger partial charge in [-0.2, -0.15) is 0 Å². The molecule has 8 heteroatoms. The van der Waals surface area contributed by atoms with Crippen molar-refractivity contribution < 1.29 is 27.4 Å². The van der Waals surface area contributed by atoms with Crippen LogP contribution in [0, 0.1) is 23.7 Å². The minimum absolute atomic E-state index is 0.181. The Labute approximate surface area is 204 Å². The molecule has 2 aliphatic heterocycles. The van der Waals surface area contributed by atoms with Crippen molar-refractivity contribution in [2.75, 3.05) is 24.4 Å². The fourth-order valence-corrected chi connectivity index (χ4v) is 5.80. The van der Waals surface area contributed by atoms with Crippen LogP contribution in [0.2, 0.25) is 0 Å². The lowest BCUT2D eigenvalue weighted by Gasteiger charge is -2.39. The number of anilines is 1. The van der Waals surface area contributed by atoms with E-state index in [1.165, 1.54) is 17.0 Å². The Morgan fingerprint density at radius 1 is 1.09 bits per heavy atom. The van der Waals surface area contributed by atoms with Gasteiger partial charge < -0.3 is 14.2 Å². The van der Waals surface area contributed by atoms with E-state index in [0.717, 1.165) is 5.56 Å². The number of epoxide rings is 1. The first-order valence-corrected chi connectivity index (χ1v) is 12.7. The van der Waals surface area contributed by atoms with E-state index in [0.29, 0.717) is 5.69 Å². The van der Waals surface area contributed by atoms with E-state index >= 15 is 0 Å². The van der Waals surface area contributed by atoms with Crippen molar-refractivity contribution >= 4 is 21.6 Å². The molecule has 4 atom stereocenters. The van der Waals surface area contributed by atoms with E-state index in [-0.39, 0.29) is 17.3 Å². The lowest BCUT2D eigenvalue weighted by Crippen LogP contribution is -2.54. The molecule has 0 aromatic heterocycles. The zero-order valence-corrected chi connectivity index (χ0v) is 20.0. The van der Waals surface area contributed by atoms with Crippen LogP contribution in [0.5, 0.6) is 0 Å². The molecule has 0 N–H and O–H groups in total. The van der Waals surface area contributed by atoms with Crippen LogP contribution in [-0.4, -0.2) is 51.7 Å². The molecule has 1 fully saturated rings. The maximum absolute atomic E-state index is 13.3. The van der Waals surface area contributed by atoms with E-state index in [2.05, 4.69) is 23.7 Å². The number of nitrogens with zero attached hydrogens (tertiary/aromatic N) is 1. The van der Waals surface area contributed by atoms with Crippen LogP contribution in [0.1, 0.15) is 12.5 Å². The van der Waals surface area contributed by atoms with Gasteiger partial charge in [-0.25, -0.2) is 13.2 Å². The van der Waals surface area contributed by atoms with Crippen LogP contribution in [0.3, 0.4) is 0 Å². The number of carbonyl (C=O) groups excluding carboxylic acids is 1. The van der Waals surface area contributed by atoms with Crippen molar-refractivity contribution in [3.8, 4) is 23.7 Å². The van der Waals surface area contributed by atoms with Crippen LogP contribution in [0.25, 0.3) is 0 Å². The molecule has 35 heavy (non-hydrogen) atoms. The molecule has 2 aromatic rings. The second-order valence-corrected chi connectivity index (χ2v) is 10.6. The molecule has 0 unspecified atom stereocenters. The van der Waals surface area contributed by atoms with Gasteiger partial charge in [0.1, 0.15) is 18.8 Å². The number of hydrogen-bond acceptors (Lipinski definition) is 6. The van der Waals surface area contributed by atoms with E-state index in [9.17, 15) is 13.2 Å². The molecule has 0 saturated carbocycles. The largest absolute Gasteiger partial charge is 0.448 e. The zero-order valence-electron chi connectivity index (χ0n) is 19.2. The van der Waals surface area contributed by atoms with Crippen molar-refractivity contribution in [1.29, 1.82) is 0 Å². The Hall–Kier alpha value is -3.56. The van der Waals surface area contributed by atoms with Crippen LogP contribution in [-0.2, 0) is 29.6 Å². The average molecular weight is 490 g/mol. The summed E-state index contributed by atoms with van der Waals surface area (Å²) in [5.74, 6) is 11.8. The molecule has 1 saturated heterocycles. The van der Waals surface area contributed by atoms with Crippen molar-refractivity contribution in [1.82, 2.24) is 0 Å². The van der Waals surface area contributed by atoms with E-state index in [4.69, 9.17) is 14.2 Å². The molecule has 178 valence electrons. The average Bonchev–Trinajstić information content (AvgIpc) is 3.64. The minimum atomic E-state index is -3.60. The van der Waals surface area contributed by atoms with Crippen molar-refractivity contribution in [2.24, 2.45) is 0 Å². The number of sulfone groups is 1. The van der Waals surface area contributed by atoms with E-state index in [1.54, 1.807) is 43.5 Å². The van der Waals surface area contributed by atoms with Gasteiger partial charge in [0, 0.05) is 12.7 Å². The summed E-state index contributed by atoms with van der Waals surface area (Å²) in [4.78, 5) is 15.0. The standard InChI is InChI=1S/C27H23NO6S/c1-26(32-2)17-11-4-3-8-16-23-24-27(26,34-24)21-14-9-10-15-22(21)28(23)25(29)33-18-19-35(30,31)20-12-6-5-7-13-20/h3-7,9-10,12-15,23-24H,18-19H2,1-2H3/b4-3-/t23-,24-,26+,27+/m1/s1. The first-order chi connectivity index (χ1) is 16.8. The molecule has 7 nitrogen and oxygen atoms in total. The molecule has 2 aromatic carbocycles. The number of ether oxygens (including phenoxy) is 3. The van der Waals surface area contributed by atoms with Gasteiger partial charge in [-0.05, 0) is 37.3 Å². The number of fused-ring (bicyclic) bond motifs is 1. The lowest BCUT2D eigenvalue weighted by molar-refractivity contribution is -0.0156. The second-order valence-electron chi connectivity index (χ2n) is 8.48. The minimum Gasteiger partial charge on any atom is -0.448 e. The summed E-state index contributed by atoms with van der Waals surface area (Å²) in [5, 5.41) is 0. The van der Waals surface area contributed by atoms with Gasteiger partial charge in [-0.15, -0.1) is 0 Å². The van der Waals surface area contributed by atoms with Crippen LogP contribution < -0.4 is 4.90 Å². The van der Waals surface area contributed by atoms with E-state index in [1.807, 2.05) is 25.1 Å². The number of allylic oxidation sites excluding steroid dienone is 2. The van der Waals surface area contributed by atoms with Gasteiger partial charge in [0.25, 0.3) is 0 Å². The van der Waals surface area contributed by atoms with Crippen LogP contribution in [0.4, 0.5) is 10.5 Å².